The lowest BCUT2D eigenvalue weighted by atomic mass is 10.00. The minimum atomic E-state index is -4.89. The van der Waals surface area contributed by atoms with Crippen LogP contribution in [0.2, 0.25) is 0 Å². The van der Waals surface area contributed by atoms with Crippen LogP contribution in [0.25, 0.3) is 0 Å². The molecule has 0 amide bonds. The molecule has 0 spiro atoms. The third-order valence-electron chi connectivity index (χ3n) is 6.59. The lowest BCUT2D eigenvalue weighted by Crippen LogP contribution is -2.38. The summed E-state index contributed by atoms with van der Waals surface area (Å²) in [6.07, 6.45) is -2.53. The van der Waals surface area contributed by atoms with Gasteiger partial charge in [-0.2, -0.15) is 13.2 Å². The van der Waals surface area contributed by atoms with Crippen LogP contribution in [0, 0.1) is 11.8 Å². The maximum Gasteiger partial charge on any atom is 0.420 e. The highest BCUT2D eigenvalue weighted by Crippen LogP contribution is 2.45. The number of rotatable bonds is 8. The second-order valence-corrected chi connectivity index (χ2v) is 11.7. The predicted octanol–water partition coefficient (Wildman–Crippen LogP) is 5.39. The van der Waals surface area contributed by atoms with E-state index in [0.717, 1.165) is 31.9 Å². The van der Waals surface area contributed by atoms with Gasteiger partial charge in [-0.25, -0.2) is 17.2 Å². The fourth-order valence-corrected chi connectivity index (χ4v) is 6.53. The first kappa shape index (κ1) is 27.5. The first-order chi connectivity index (χ1) is 16.1. The van der Waals surface area contributed by atoms with Crippen molar-refractivity contribution >= 4 is 21.5 Å². The highest BCUT2D eigenvalue weighted by molar-refractivity contribution is 7.91. The van der Waals surface area contributed by atoms with E-state index in [-0.39, 0.29) is 29.6 Å². The SMILES string of the molecule is C[C@H](COc1cc2c(cc1C(F)(F)F)N(C1CCCC1)C[C@@H](CCC(C)(F)F)CS2(=O)=O)C(=O)O. The van der Waals surface area contributed by atoms with Crippen LogP contribution in [-0.2, 0) is 20.8 Å². The summed E-state index contributed by atoms with van der Waals surface area (Å²) in [6, 6.07) is 1.37. The second-order valence-electron chi connectivity index (χ2n) is 9.71. The number of fused-ring (bicyclic) bond motifs is 1. The smallest absolute Gasteiger partial charge is 0.420 e. The van der Waals surface area contributed by atoms with Crippen molar-refractivity contribution in [3.05, 3.63) is 17.7 Å². The monoisotopic (exact) mass is 527 g/mol. The third kappa shape index (κ3) is 6.77. The summed E-state index contributed by atoms with van der Waals surface area (Å²) in [5.41, 5.74) is -1.31. The Morgan fingerprint density at radius 2 is 1.83 bits per heavy atom. The summed E-state index contributed by atoms with van der Waals surface area (Å²) in [4.78, 5) is 12.4. The van der Waals surface area contributed by atoms with Crippen molar-refractivity contribution in [1.82, 2.24) is 0 Å². The predicted molar refractivity (Wildman–Crippen MR) is 119 cm³/mol. The molecule has 1 heterocycles. The van der Waals surface area contributed by atoms with Crippen LogP contribution in [0.5, 0.6) is 5.75 Å². The van der Waals surface area contributed by atoms with Gasteiger partial charge in [-0.15, -0.1) is 0 Å². The van der Waals surface area contributed by atoms with Gasteiger partial charge in [0.1, 0.15) is 12.4 Å². The first-order valence-corrected chi connectivity index (χ1v) is 13.2. The highest BCUT2D eigenvalue weighted by atomic mass is 32.2. The number of ether oxygens (including phenoxy) is 1. The normalized spacial score (nSPS) is 21.9. The molecule has 35 heavy (non-hydrogen) atoms. The van der Waals surface area contributed by atoms with Crippen molar-refractivity contribution in [2.45, 2.75) is 75.4 Å². The maximum atomic E-state index is 14.0. The molecule has 1 N–H and O–H groups in total. The van der Waals surface area contributed by atoms with Gasteiger partial charge in [0.25, 0.3) is 0 Å². The summed E-state index contributed by atoms with van der Waals surface area (Å²) in [5.74, 6) is -7.32. The van der Waals surface area contributed by atoms with Crippen LogP contribution in [-0.4, -0.2) is 50.4 Å². The number of hydrogen-bond donors (Lipinski definition) is 1. The Morgan fingerprint density at radius 3 is 2.37 bits per heavy atom. The second kappa shape index (κ2) is 10.1. The van der Waals surface area contributed by atoms with E-state index in [1.165, 1.54) is 6.92 Å². The highest BCUT2D eigenvalue weighted by Gasteiger charge is 2.41. The van der Waals surface area contributed by atoms with Gasteiger partial charge in [-0.1, -0.05) is 12.8 Å². The quantitative estimate of drug-likeness (QED) is 0.457. The van der Waals surface area contributed by atoms with Gasteiger partial charge < -0.3 is 14.7 Å². The summed E-state index contributed by atoms with van der Waals surface area (Å²) >= 11 is 0. The average Bonchev–Trinajstić information content (AvgIpc) is 3.23. The number of halogens is 5. The molecule has 2 aliphatic rings. The Kier molecular flexibility index (Phi) is 7.93. The molecule has 2 atom stereocenters. The zero-order valence-corrected chi connectivity index (χ0v) is 20.4. The number of carbonyl (C=O) groups is 1. The molecule has 1 aromatic rings. The molecule has 0 unspecified atom stereocenters. The van der Waals surface area contributed by atoms with Crippen molar-refractivity contribution in [3.63, 3.8) is 0 Å². The Labute approximate surface area is 201 Å². The van der Waals surface area contributed by atoms with E-state index in [4.69, 9.17) is 9.84 Å². The number of carboxylic acids is 1. The van der Waals surface area contributed by atoms with Crippen molar-refractivity contribution in [2.24, 2.45) is 11.8 Å². The molecule has 3 rings (SSSR count). The molecule has 0 saturated heterocycles. The minimum Gasteiger partial charge on any atom is -0.492 e. The van der Waals surface area contributed by atoms with Crippen LogP contribution >= 0.6 is 0 Å². The molecule has 1 aromatic carbocycles. The molecule has 0 aromatic heterocycles. The zero-order valence-electron chi connectivity index (χ0n) is 19.6. The molecule has 1 aliphatic carbocycles. The minimum absolute atomic E-state index is 0.0561. The van der Waals surface area contributed by atoms with E-state index in [1.54, 1.807) is 4.90 Å². The van der Waals surface area contributed by atoms with Crippen molar-refractivity contribution < 1.29 is 45.0 Å². The molecule has 0 radical (unpaired) electrons. The largest absolute Gasteiger partial charge is 0.492 e. The fourth-order valence-electron chi connectivity index (χ4n) is 4.67. The maximum absolute atomic E-state index is 14.0. The lowest BCUT2D eigenvalue weighted by Gasteiger charge is -2.34. The molecule has 1 aliphatic heterocycles. The third-order valence-corrected chi connectivity index (χ3v) is 8.50. The van der Waals surface area contributed by atoms with Gasteiger partial charge in [-0.3, -0.25) is 4.79 Å². The number of benzene rings is 1. The van der Waals surface area contributed by atoms with E-state index >= 15 is 0 Å². The Bertz CT molecular complexity index is 1030. The number of hydrogen-bond acceptors (Lipinski definition) is 5. The number of aliphatic carboxylic acids is 1. The van der Waals surface area contributed by atoms with Gasteiger partial charge in [0.15, 0.2) is 9.84 Å². The molecular formula is C23H30F5NO5S. The molecule has 1 fully saturated rings. The fraction of sp³-hybridized carbons (Fsp3) is 0.696. The van der Waals surface area contributed by atoms with Crippen molar-refractivity contribution in [1.29, 1.82) is 0 Å². The molecule has 12 heteroatoms. The Morgan fingerprint density at radius 1 is 1.20 bits per heavy atom. The standard InChI is InChI=1S/C23H30F5NO5S/c1-14(21(30)31)12-34-19-10-20-18(9-17(19)23(26,27)28)29(16-5-3-4-6-16)11-15(13-35(20,32)33)7-8-22(2,24)25/h9-10,14-16H,3-8,11-13H2,1-2H3,(H,30,31)/t14-,15-/m1/s1. The van der Waals surface area contributed by atoms with Crippen molar-refractivity contribution in [3.8, 4) is 5.75 Å². The number of sulfone groups is 1. The number of alkyl halides is 5. The Hall–Kier alpha value is -2.11. The van der Waals surface area contributed by atoms with Gasteiger partial charge in [-0.05, 0) is 45.1 Å². The first-order valence-electron chi connectivity index (χ1n) is 11.6. The summed E-state index contributed by atoms with van der Waals surface area (Å²) in [6.45, 7) is 1.48. The molecule has 6 nitrogen and oxygen atoms in total. The summed E-state index contributed by atoms with van der Waals surface area (Å²) in [7, 11) is -4.15. The lowest BCUT2D eigenvalue weighted by molar-refractivity contribution is -0.142. The summed E-state index contributed by atoms with van der Waals surface area (Å²) in [5, 5.41) is 9.04. The van der Waals surface area contributed by atoms with Crippen LogP contribution in [0.3, 0.4) is 0 Å². The number of anilines is 1. The van der Waals surface area contributed by atoms with E-state index in [9.17, 15) is 35.2 Å². The number of carboxylic acid groups (broad SMARTS) is 1. The molecule has 0 bridgehead atoms. The van der Waals surface area contributed by atoms with Gasteiger partial charge in [0.2, 0.25) is 5.92 Å². The van der Waals surface area contributed by atoms with Crippen LogP contribution in [0.4, 0.5) is 27.6 Å². The van der Waals surface area contributed by atoms with E-state index in [1.807, 2.05) is 0 Å². The van der Waals surface area contributed by atoms with Crippen LogP contribution in [0.1, 0.15) is 57.9 Å². The average molecular weight is 528 g/mol. The van der Waals surface area contributed by atoms with Gasteiger partial charge in [0, 0.05) is 25.1 Å². The topological polar surface area (TPSA) is 83.9 Å². The molecule has 1 saturated carbocycles. The Balaban J connectivity index is 2.10. The van der Waals surface area contributed by atoms with E-state index < -0.39 is 69.8 Å². The van der Waals surface area contributed by atoms with Crippen LogP contribution < -0.4 is 9.64 Å². The summed E-state index contributed by atoms with van der Waals surface area (Å²) < 4.78 is 101. The van der Waals surface area contributed by atoms with E-state index in [2.05, 4.69) is 0 Å². The van der Waals surface area contributed by atoms with Crippen LogP contribution in [0.15, 0.2) is 17.0 Å². The zero-order chi connectivity index (χ0) is 26.2. The molecule has 198 valence electrons. The number of nitrogens with zero attached hydrogens (tertiary/aromatic N) is 1. The van der Waals surface area contributed by atoms with Crippen molar-refractivity contribution in [2.75, 3.05) is 23.8 Å². The van der Waals surface area contributed by atoms with Gasteiger partial charge >= 0.3 is 12.1 Å². The molecular weight excluding hydrogens is 497 g/mol. The van der Waals surface area contributed by atoms with E-state index in [0.29, 0.717) is 12.8 Å². The van der Waals surface area contributed by atoms with Gasteiger partial charge in [0.05, 0.1) is 27.8 Å².